The molecule has 7 nitrogen and oxygen atoms in total. The van der Waals surface area contributed by atoms with Crippen LogP contribution in [0.2, 0.25) is 0 Å². The summed E-state index contributed by atoms with van der Waals surface area (Å²) in [5, 5.41) is 8.61. The van der Waals surface area contributed by atoms with E-state index in [1.54, 1.807) is 24.7 Å². The van der Waals surface area contributed by atoms with Crippen LogP contribution >= 0.6 is 0 Å². The summed E-state index contributed by atoms with van der Waals surface area (Å²) in [6.07, 6.45) is 7.36. The van der Waals surface area contributed by atoms with Crippen molar-refractivity contribution in [3.05, 3.63) is 84.0 Å². The fourth-order valence-electron chi connectivity index (χ4n) is 3.99. The van der Waals surface area contributed by atoms with Crippen LogP contribution in [0.5, 0.6) is 0 Å². The van der Waals surface area contributed by atoms with Crippen molar-refractivity contribution in [3.8, 4) is 0 Å². The van der Waals surface area contributed by atoms with Gasteiger partial charge in [-0.2, -0.15) is 0 Å². The van der Waals surface area contributed by atoms with Crippen molar-refractivity contribution in [2.24, 2.45) is 9.98 Å². The van der Waals surface area contributed by atoms with Gasteiger partial charge in [0.25, 0.3) is 0 Å². The second kappa shape index (κ2) is 14.2. The van der Waals surface area contributed by atoms with Gasteiger partial charge >= 0.3 is 0 Å². The van der Waals surface area contributed by atoms with E-state index in [0.29, 0.717) is 18.9 Å². The normalized spacial score (nSPS) is 15.4. The molecule has 2 aromatic rings. The molecule has 0 saturated carbocycles. The van der Waals surface area contributed by atoms with E-state index < -0.39 is 0 Å². The number of halogens is 1. The number of aryl methyl sites for hydroxylation is 1. The van der Waals surface area contributed by atoms with E-state index in [4.69, 9.17) is 4.99 Å². The highest BCUT2D eigenvalue weighted by atomic mass is 19.1. The lowest BCUT2D eigenvalue weighted by Crippen LogP contribution is -2.39. The third-order valence-electron chi connectivity index (χ3n) is 5.80. The third kappa shape index (κ3) is 7.76. The average Bonchev–Trinajstić information content (AvgIpc) is 2.88. The van der Waals surface area contributed by atoms with E-state index >= 15 is 0 Å². The molecule has 0 saturated heterocycles. The summed E-state index contributed by atoms with van der Waals surface area (Å²) >= 11 is 0. The molecule has 0 amide bonds. The van der Waals surface area contributed by atoms with E-state index in [1.807, 2.05) is 24.2 Å². The van der Waals surface area contributed by atoms with Crippen LogP contribution in [0.4, 0.5) is 15.8 Å². The largest absolute Gasteiger partial charge is 0.370 e. The van der Waals surface area contributed by atoms with E-state index in [-0.39, 0.29) is 5.82 Å². The molecule has 0 radical (unpaired) electrons. The Balaban J connectivity index is 1.76. The summed E-state index contributed by atoms with van der Waals surface area (Å²) in [6, 6.07) is 12.9. The van der Waals surface area contributed by atoms with Crippen molar-refractivity contribution in [1.82, 2.24) is 21.1 Å². The van der Waals surface area contributed by atoms with Crippen LogP contribution in [-0.2, 0) is 13.0 Å². The quantitative estimate of drug-likeness (QED) is 0.360. The van der Waals surface area contributed by atoms with Crippen molar-refractivity contribution in [3.63, 3.8) is 0 Å². The van der Waals surface area contributed by atoms with Crippen LogP contribution in [-0.4, -0.2) is 50.4 Å². The molecule has 0 bridgehead atoms. The van der Waals surface area contributed by atoms with Gasteiger partial charge in [-0.1, -0.05) is 32.6 Å². The summed E-state index contributed by atoms with van der Waals surface area (Å²) in [6.45, 7) is 12.3. The predicted octanol–water partition coefficient (Wildman–Crippen LogP) is 4.52. The van der Waals surface area contributed by atoms with Crippen LogP contribution in [0.15, 0.2) is 77.0 Å². The van der Waals surface area contributed by atoms with E-state index in [1.165, 1.54) is 11.6 Å². The molecule has 192 valence electrons. The lowest BCUT2D eigenvalue weighted by atomic mass is 10.1. The van der Waals surface area contributed by atoms with E-state index in [2.05, 4.69) is 64.6 Å². The van der Waals surface area contributed by atoms with Crippen molar-refractivity contribution in [1.29, 1.82) is 0 Å². The summed E-state index contributed by atoms with van der Waals surface area (Å²) in [4.78, 5) is 11.5. The Bertz CT molecular complexity index is 1090. The van der Waals surface area contributed by atoms with Gasteiger partial charge < -0.3 is 15.5 Å². The molecule has 0 atom stereocenters. The molecule has 36 heavy (non-hydrogen) atoms. The predicted molar refractivity (Wildman–Crippen MR) is 149 cm³/mol. The van der Waals surface area contributed by atoms with E-state index in [9.17, 15) is 4.39 Å². The van der Waals surface area contributed by atoms with Gasteiger partial charge in [0.15, 0.2) is 5.84 Å². The van der Waals surface area contributed by atoms with Crippen LogP contribution < -0.4 is 21.0 Å². The molecule has 0 fully saturated rings. The Morgan fingerprint density at radius 2 is 1.97 bits per heavy atom. The number of amidine groups is 1. The molecule has 3 rings (SSSR count). The second-order valence-electron chi connectivity index (χ2n) is 8.57. The highest BCUT2D eigenvalue weighted by Gasteiger charge is 2.17. The van der Waals surface area contributed by atoms with Gasteiger partial charge in [0.2, 0.25) is 0 Å². The monoisotopic (exact) mass is 491 g/mol. The summed E-state index contributed by atoms with van der Waals surface area (Å²) < 4.78 is 13.6. The van der Waals surface area contributed by atoms with Crippen molar-refractivity contribution in [2.45, 2.75) is 33.2 Å². The lowest BCUT2D eigenvalue weighted by Gasteiger charge is -2.26. The molecule has 1 heterocycles. The second-order valence-corrected chi connectivity index (χ2v) is 8.57. The number of nitrogens with zero attached hydrogens (tertiary/aromatic N) is 4. The Morgan fingerprint density at radius 3 is 2.72 bits per heavy atom. The van der Waals surface area contributed by atoms with E-state index in [0.717, 1.165) is 55.1 Å². The summed E-state index contributed by atoms with van der Waals surface area (Å²) in [5.74, 6) is 0.397. The number of hydrogen-bond donors (Lipinski definition) is 3. The van der Waals surface area contributed by atoms with Gasteiger partial charge in [-0.15, -0.1) is 0 Å². The molecule has 0 aliphatic carbocycles. The smallest absolute Gasteiger partial charge is 0.179 e. The molecular weight excluding hydrogens is 453 g/mol. The van der Waals surface area contributed by atoms with Crippen molar-refractivity contribution in [2.75, 3.05) is 38.1 Å². The first-order valence-electron chi connectivity index (χ1n) is 12.5. The number of benzene rings is 2. The third-order valence-corrected chi connectivity index (χ3v) is 5.80. The van der Waals surface area contributed by atoms with Gasteiger partial charge in [0, 0.05) is 45.1 Å². The average molecular weight is 492 g/mol. The number of aliphatic imine (C=N–C) groups is 2. The first-order chi connectivity index (χ1) is 17.5. The Kier molecular flexibility index (Phi) is 10.7. The summed E-state index contributed by atoms with van der Waals surface area (Å²) in [5.41, 5.74) is 7.95. The van der Waals surface area contributed by atoms with Gasteiger partial charge in [-0.3, -0.25) is 10.4 Å². The molecule has 1 aliphatic rings. The first-order valence-corrected chi connectivity index (χ1v) is 12.5. The zero-order valence-corrected chi connectivity index (χ0v) is 21.6. The number of hydrazine groups is 1. The molecule has 0 aromatic heterocycles. The van der Waals surface area contributed by atoms with Gasteiger partial charge in [0.1, 0.15) is 17.9 Å². The zero-order chi connectivity index (χ0) is 25.8. The number of nitrogens with one attached hydrogen (secondary N) is 3. The van der Waals surface area contributed by atoms with Gasteiger partial charge in [-0.05, 0) is 66.9 Å². The molecule has 0 unspecified atom stereocenters. The molecule has 0 spiro atoms. The minimum absolute atomic E-state index is 0.217. The minimum atomic E-state index is -0.217. The maximum atomic E-state index is 13.6. The Hall–Kier alpha value is -3.49. The van der Waals surface area contributed by atoms with Crippen LogP contribution in [0, 0.1) is 5.82 Å². The highest BCUT2D eigenvalue weighted by molar-refractivity contribution is 6.05. The standard InChI is InChI=1S/C28H38FN7/c1-5-14-30-16-17-31-15-13-27-28(32-21-33-36(27)7-3)34-25-11-12-26(23(6-2)19-25)35(4)20-22-9-8-10-24(29)18-22/h7-13,18-19,21,30-31H,3,5-6,14-17,20H2,1-2,4H3,(H,32,33,34)/b27-13+. The zero-order valence-electron chi connectivity index (χ0n) is 21.6. The SMILES string of the molecule is C=CN1NC=NC(=Nc2ccc(N(C)Cc3cccc(F)c3)c(CC)c2)/C1=C\CNCCNCCC. The Labute approximate surface area is 214 Å². The molecule has 3 N–H and O–H groups in total. The number of hydrogen-bond acceptors (Lipinski definition) is 6. The fourth-order valence-corrected chi connectivity index (χ4v) is 3.99. The Morgan fingerprint density at radius 1 is 1.14 bits per heavy atom. The minimum Gasteiger partial charge on any atom is -0.370 e. The molecule has 8 heteroatoms. The topological polar surface area (TPSA) is 67.3 Å². The first kappa shape index (κ1) is 27.1. The fraction of sp³-hybridized carbons (Fsp3) is 0.357. The molecule has 1 aliphatic heterocycles. The maximum absolute atomic E-state index is 13.6. The molecule has 2 aromatic carbocycles. The van der Waals surface area contributed by atoms with Crippen LogP contribution in [0.25, 0.3) is 0 Å². The number of anilines is 1. The number of rotatable bonds is 13. The maximum Gasteiger partial charge on any atom is 0.179 e. The van der Waals surface area contributed by atoms with Crippen LogP contribution in [0.3, 0.4) is 0 Å². The van der Waals surface area contributed by atoms with Gasteiger partial charge in [0.05, 0.1) is 5.69 Å². The van der Waals surface area contributed by atoms with Crippen molar-refractivity contribution >= 4 is 23.5 Å². The van der Waals surface area contributed by atoms with Crippen LogP contribution in [0.1, 0.15) is 31.4 Å². The molecular formula is C28H38FN7. The lowest BCUT2D eigenvalue weighted by molar-refractivity contribution is 0.436. The van der Waals surface area contributed by atoms with Gasteiger partial charge in [-0.25, -0.2) is 14.4 Å². The summed E-state index contributed by atoms with van der Waals surface area (Å²) in [7, 11) is 2.02. The highest BCUT2D eigenvalue weighted by Crippen LogP contribution is 2.28. The van der Waals surface area contributed by atoms with Crippen molar-refractivity contribution < 1.29 is 4.39 Å².